The van der Waals surface area contributed by atoms with E-state index in [0.29, 0.717) is 34.4 Å². The molecule has 1 heterocycles. The first kappa shape index (κ1) is 24.4. The van der Waals surface area contributed by atoms with Crippen molar-refractivity contribution in [3.8, 4) is 11.5 Å². The van der Waals surface area contributed by atoms with E-state index in [2.05, 4.69) is 31.9 Å². The zero-order valence-corrected chi connectivity index (χ0v) is 20.9. The van der Waals surface area contributed by atoms with E-state index >= 15 is 0 Å². The molecule has 0 saturated heterocycles. The van der Waals surface area contributed by atoms with Crippen LogP contribution in [0.1, 0.15) is 21.7 Å². The van der Waals surface area contributed by atoms with Crippen molar-refractivity contribution in [3.05, 3.63) is 105 Å². The molecule has 7 nitrogen and oxygen atoms in total. The van der Waals surface area contributed by atoms with Crippen LogP contribution in [0, 0.1) is 6.92 Å². The lowest BCUT2D eigenvalue weighted by molar-refractivity contribution is 0.0996. The van der Waals surface area contributed by atoms with E-state index in [1.165, 1.54) is 6.26 Å². The number of furan rings is 1. The molecule has 4 aromatic rings. The Kier molecular flexibility index (Phi) is 7.74. The fraction of sp³-hybridized carbons (Fsp3) is 0.0769. The number of nitrogens with one attached hydrogen (secondary N) is 3. The third kappa shape index (κ3) is 6.65. The summed E-state index contributed by atoms with van der Waals surface area (Å²) in [5.74, 6) is 1.01. The van der Waals surface area contributed by atoms with Gasteiger partial charge in [0.25, 0.3) is 5.91 Å². The number of benzene rings is 3. The van der Waals surface area contributed by atoms with Crippen molar-refractivity contribution in [1.82, 2.24) is 5.32 Å². The van der Waals surface area contributed by atoms with Crippen molar-refractivity contribution in [1.29, 1.82) is 0 Å². The van der Waals surface area contributed by atoms with Crippen molar-refractivity contribution < 1.29 is 18.7 Å². The number of hydrogen-bond donors (Lipinski definition) is 3. The molecular formula is C26H21BrClN3O4. The van der Waals surface area contributed by atoms with E-state index in [9.17, 15) is 9.59 Å². The van der Waals surface area contributed by atoms with Crippen LogP contribution in [-0.4, -0.2) is 11.9 Å². The standard InChI is InChI=1S/C26H21BrClN3O4/c1-16-4-10-22(20(27)13-16)35-23-11-9-19(14-21(23)28)31-26(33)29-15-17-5-7-18(8-6-17)30-25(32)24-3-2-12-34-24/h2-14H,15H2,1H3,(H,30,32)(H2,29,31,33). The number of rotatable bonds is 7. The molecule has 3 N–H and O–H groups in total. The Morgan fingerprint density at radius 2 is 1.69 bits per heavy atom. The smallest absolute Gasteiger partial charge is 0.319 e. The lowest BCUT2D eigenvalue weighted by Crippen LogP contribution is -2.28. The first-order chi connectivity index (χ1) is 16.9. The molecule has 0 fully saturated rings. The Balaban J connectivity index is 1.28. The molecule has 0 bridgehead atoms. The van der Waals surface area contributed by atoms with Gasteiger partial charge < -0.3 is 25.1 Å². The van der Waals surface area contributed by atoms with Crippen LogP contribution >= 0.6 is 27.5 Å². The van der Waals surface area contributed by atoms with Crippen LogP contribution in [0.3, 0.4) is 0 Å². The Morgan fingerprint density at radius 1 is 0.943 bits per heavy atom. The van der Waals surface area contributed by atoms with E-state index < -0.39 is 0 Å². The summed E-state index contributed by atoms with van der Waals surface area (Å²) in [5.41, 5.74) is 3.11. The van der Waals surface area contributed by atoms with Gasteiger partial charge in [0.2, 0.25) is 0 Å². The maximum absolute atomic E-state index is 12.3. The average Bonchev–Trinajstić information content (AvgIpc) is 3.37. The van der Waals surface area contributed by atoms with Crippen molar-refractivity contribution in [2.75, 3.05) is 10.6 Å². The molecule has 0 saturated carbocycles. The first-order valence-corrected chi connectivity index (χ1v) is 11.8. The van der Waals surface area contributed by atoms with E-state index in [1.54, 1.807) is 42.5 Å². The highest BCUT2D eigenvalue weighted by molar-refractivity contribution is 9.10. The van der Waals surface area contributed by atoms with E-state index in [-0.39, 0.29) is 17.7 Å². The third-order valence-electron chi connectivity index (χ3n) is 4.91. The fourth-order valence-electron chi connectivity index (χ4n) is 3.13. The molecule has 0 radical (unpaired) electrons. The summed E-state index contributed by atoms with van der Waals surface area (Å²) in [6, 6.07) is 20.7. The number of anilines is 2. The van der Waals surface area contributed by atoms with Crippen LogP contribution in [0.15, 0.2) is 87.9 Å². The molecule has 0 aliphatic carbocycles. The summed E-state index contributed by atoms with van der Waals surface area (Å²) in [6.45, 7) is 2.29. The molecule has 178 valence electrons. The molecule has 0 unspecified atom stereocenters. The first-order valence-electron chi connectivity index (χ1n) is 10.6. The highest BCUT2D eigenvalue weighted by Gasteiger charge is 2.10. The maximum Gasteiger partial charge on any atom is 0.319 e. The predicted octanol–water partition coefficient (Wildman–Crippen LogP) is 7.37. The zero-order valence-electron chi connectivity index (χ0n) is 18.6. The van der Waals surface area contributed by atoms with Gasteiger partial charge in [-0.1, -0.05) is 29.8 Å². The third-order valence-corrected chi connectivity index (χ3v) is 5.82. The van der Waals surface area contributed by atoms with Gasteiger partial charge in [0.1, 0.15) is 11.5 Å². The average molecular weight is 555 g/mol. The predicted molar refractivity (Wildman–Crippen MR) is 139 cm³/mol. The van der Waals surface area contributed by atoms with Gasteiger partial charge in [-0.25, -0.2) is 4.79 Å². The lowest BCUT2D eigenvalue weighted by atomic mass is 10.2. The molecule has 9 heteroatoms. The van der Waals surface area contributed by atoms with Crippen molar-refractivity contribution in [2.45, 2.75) is 13.5 Å². The van der Waals surface area contributed by atoms with Crippen molar-refractivity contribution in [2.24, 2.45) is 0 Å². The van der Waals surface area contributed by atoms with Crippen LogP contribution in [0.5, 0.6) is 11.5 Å². The van der Waals surface area contributed by atoms with Gasteiger partial charge in [-0.3, -0.25) is 4.79 Å². The minimum atomic E-state index is -0.383. The molecular weight excluding hydrogens is 534 g/mol. The molecule has 3 aromatic carbocycles. The van der Waals surface area contributed by atoms with Gasteiger partial charge in [-0.05, 0) is 88.6 Å². The Bertz CT molecular complexity index is 1340. The van der Waals surface area contributed by atoms with Gasteiger partial charge in [-0.15, -0.1) is 0 Å². The summed E-state index contributed by atoms with van der Waals surface area (Å²) < 4.78 is 11.8. The molecule has 0 aliphatic heterocycles. The Hall–Kier alpha value is -3.75. The highest BCUT2D eigenvalue weighted by Crippen LogP contribution is 2.35. The van der Waals surface area contributed by atoms with Gasteiger partial charge in [-0.2, -0.15) is 0 Å². The Labute approximate surface area is 215 Å². The minimum Gasteiger partial charge on any atom is -0.459 e. The quantitative estimate of drug-likeness (QED) is 0.222. The second kappa shape index (κ2) is 11.1. The number of halogens is 2. The molecule has 0 spiro atoms. The second-order valence-corrected chi connectivity index (χ2v) is 8.88. The molecule has 3 amide bonds. The highest BCUT2D eigenvalue weighted by atomic mass is 79.9. The summed E-state index contributed by atoms with van der Waals surface area (Å²) in [4.78, 5) is 24.3. The number of amides is 3. The number of carbonyl (C=O) groups excluding carboxylic acids is 2. The number of aryl methyl sites for hydroxylation is 1. The Morgan fingerprint density at radius 3 is 2.37 bits per heavy atom. The summed E-state index contributed by atoms with van der Waals surface area (Å²) >= 11 is 9.83. The van der Waals surface area contributed by atoms with E-state index in [4.69, 9.17) is 20.8 Å². The molecule has 1 aromatic heterocycles. The largest absolute Gasteiger partial charge is 0.459 e. The van der Waals surface area contributed by atoms with Gasteiger partial charge in [0.05, 0.1) is 15.8 Å². The fourth-order valence-corrected chi connectivity index (χ4v) is 3.93. The van der Waals surface area contributed by atoms with Gasteiger partial charge >= 0.3 is 6.03 Å². The summed E-state index contributed by atoms with van der Waals surface area (Å²) in [7, 11) is 0. The SMILES string of the molecule is Cc1ccc(Oc2ccc(NC(=O)NCc3ccc(NC(=O)c4ccco4)cc3)cc2Cl)c(Br)c1. The van der Waals surface area contributed by atoms with Crippen LogP contribution in [0.25, 0.3) is 0 Å². The van der Waals surface area contributed by atoms with Crippen LogP contribution < -0.4 is 20.7 Å². The number of urea groups is 1. The van der Waals surface area contributed by atoms with E-state index in [1.807, 2.05) is 37.3 Å². The molecule has 0 atom stereocenters. The normalized spacial score (nSPS) is 10.5. The van der Waals surface area contributed by atoms with E-state index in [0.717, 1.165) is 15.6 Å². The van der Waals surface area contributed by atoms with Gasteiger partial charge in [0, 0.05) is 17.9 Å². The van der Waals surface area contributed by atoms with Crippen molar-refractivity contribution in [3.63, 3.8) is 0 Å². The molecule has 4 rings (SSSR count). The number of carbonyl (C=O) groups is 2. The minimum absolute atomic E-state index is 0.232. The van der Waals surface area contributed by atoms with Crippen LogP contribution in [-0.2, 0) is 6.54 Å². The zero-order chi connectivity index (χ0) is 24.8. The number of ether oxygens (including phenoxy) is 1. The summed E-state index contributed by atoms with van der Waals surface area (Å²) in [6.07, 6.45) is 1.44. The molecule has 0 aliphatic rings. The maximum atomic E-state index is 12.3. The lowest BCUT2D eigenvalue weighted by Gasteiger charge is -2.12. The second-order valence-electron chi connectivity index (χ2n) is 7.62. The summed E-state index contributed by atoms with van der Waals surface area (Å²) in [5, 5.41) is 8.64. The van der Waals surface area contributed by atoms with Gasteiger partial charge in [0.15, 0.2) is 5.76 Å². The molecule has 35 heavy (non-hydrogen) atoms. The van der Waals surface area contributed by atoms with Crippen LogP contribution in [0.4, 0.5) is 16.2 Å². The van der Waals surface area contributed by atoms with Crippen LogP contribution in [0.2, 0.25) is 5.02 Å². The monoisotopic (exact) mass is 553 g/mol. The topological polar surface area (TPSA) is 92.6 Å². The van der Waals surface area contributed by atoms with Crippen molar-refractivity contribution >= 4 is 50.8 Å². The number of hydrogen-bond acceptors (Lipinski definition) is 4.